The number of ether oxygens (including phenoxy) is 1. The summed E-state index contributed by atoms with van der Waals surface area (Å²) in [6, 6.07) is 9.21. The molecule has 1 aromatic carbocycles. The van der Waals surface area contributed by atoms with Gasteiger partial charge in [0.25, 0.3) is 5.91 Å². The number of hydrogen-bond donors (Lipinski definition) is 1. The molecule has 0 fully saturated rings. The summed E-state index contributed by atoms with van der Waals surface area (Å²) >= 11 is 0. The number of rotatable bonds is 8. The molecule has 1 heterocycles. The van der Waals surface area contributed by atoms with E-state index in [-0.39, 0.29) is 5.91 Å². The van der Waals surface area contributed by atoms with E-state index in [0.29, 0.717) is 11.6 Å². The summed E-state index contributed by atoms with van der Waals surface area (Å²) in [5, 5.41) is 3.15. The summed E-state index contributed by atoms with van der Waals surface area (Å²) in [5.74, 6) is 1.15. The first-order valence-corrected chi connectivity index (χ1v) is 8.63. The lowest BCUT2D eigenvalue weighted by molar-refractivity contribution is 0.0749. The molecule has 2 rings (SSSR count). The highest BCUT2D eigenvalue weighted by molar-refractivity contribution is 5.92. The number of aromatic nitrogens is 2. The minimum Gasteiger partial charge on any atom is -0.497 e. The molecule has 6 nitrogen and oxygen atoms in total. The monoisotopic (exact) mass is 342 g/mol. The fourth-order valence-electron chi connectivity index (χ4n) is 2.55. The molecule has 0 aliphatic heterocycles. The van der Waals surface area contributed by atoms with Crippen molar-refractivity contribution in [1.29, 1.82) is 0 Å². The molecule has 1 aromatic heterocycles. The molecule has 0 saturated carbocycles. The van der Waals surface area contributed by atoms with E-state index in [4.69, 9.17) is 4.74 Å². The Bertz CT molecular complexity index is 695. The van der Waals surface area contributed by atoms with Crippen molar-refractivity contribution < 1.29 is 9.53 Å². The van der Waals surface area contributed by atoms with Gasteiger partial charge in [0.15, 0.2) is 0 Å². The van der Waals surface area contributed by atoms with Gasteiger partial charge in [0.1, 0.15) is 11.4 Å². The zero-order valence-corrected chi connectivity index (χ0v) is 15.4. The van der Waals surface area contributed by atoms with Crippen LogP contribution in [-0.4, -0.2) is 41.0 Å². The van der Waals surface area contributed by atoms with Gasteiger partial charge in [-0.2, -0.15) is 0 Å². The summed E-state index contributed by atoms with van der Waals surface area (Å²) in [4.78, 5) is 23.4. The number of benzene rings is 1. The Kier molecular flexibility index (Phi) is 6.74. The fourth-order valence-corrected chi connectivity index (χ4v) is 2.55. The van der Waals surface area contributed by atoms with Crippen molar-refractivity contribution in [1.82, 2.24) is 14.9 Å². The number of carbonyl (C=O) groups is 1. The Labute approximate surface area is 149 Å². The fraction of sp³-hybridized carbons (Fsp3) is 0.421. The largest absolute Gasteiger partial charge is 0.497 e. The molecule has 1 N–H and O–H groups in total. The van der Waals surface area contributed by atoms with Gasteiger partial charge < -0.3 is 15.0 Å². The third-order valence-electron chi connectivity index (χ3n) is 3.69. The second-order valence-corrected chi connectivity index (χ2v) is 5.86. The van der Waals surface area contributed by atoms with Crippen LogP contribution < -0.4 is 10.1 Å². The van der Waals surface area contributed by atoms with Crippen LogP contribution in [0.3, 0.4) is 0 Å². The van der Waals surface area contributed by atoms with Gasteiger partial charge in [0.05, 0.1) is 7.11 Å². The van der Waals surface area contributed by atoms with Crippen LogP contribution in [0.4, 0.5) is 11.6 Å². The van der Waals surface area contributed by atoms with Crippen LogP contribution in [0.2, 0.25) is 0 Å². The Hall–Kier alpha value is -2.63. The van der Waals surface area contributed by atoms with Crippen LogP contribution in [0.25, 0.3) is 0 Å². The van der Waals surface area contributed by atoms with Crippen molar-refractivity contribution in [3.8, 4) is 5.75 Å². The van der Waals surface area contributed by atoms with Crippen LogP contribution in [-0.2, 0) is 0 Å². The van der Waals surface area contributed by atoms with E-state index < -0.39 is 0 Å². The molecule has 0 bridgehead atoms. The van der Waals surface area contributed by atoms with Crippen LogP contribution in [0.5, 0.6) is 5.75 Å². The second-order valence-electron chi connectivity index (χ2n) is 5.86. The summed E-state index contributed by atoms with van der Waals surface area (Å²) in [6.45, 7) is 7.46. The van der Waals surface area contributed by atoms with Gasteiger partial charge >= 0.3 is 0 Å². The summed E-state index contributed by atoms with van der Waals surface area (Å²) in [5.41, 5.74) is 2.01. The highest BCUT2D eigenvalue weighted by Crippen LogP contribution is 2.18. The zero-order valence-electron chi connectivity index (χ0n) is 15.4. The average Bonchev–Trinajstić information content (AvgIpc) is 2.61. The van der Waals surface area contributed by atoms with Gasteiger partial charge in [0, 0.05) is 24.5 Å². The van der Waals surface area contributed by atoms with Crippen LogP contribution in [0.15, 0.2) is 30.3 Å². The predicted molar refractivity (Wildman–Crippen MR) is 99.5 cm³/mol. The van der Waals surface area contributed by atoms with Crippen LogP contribution in [0.1, 0.15) is 42.9 Å². The van der Waals surface area contributed by atoms with Gasteiger partial charge in [-0.15, -0.1) is 0 Å². The quantitative estimate of drug-likeness (QED) is 0.790. The van der Waals surface area contributed by atoms with E-state index in [1.165, 1.54) is 0 Å². The first-order chi connectivity index (χ1) is 12.1. The molecular formula is C19H26N4O2. The first-order valence-electron chi connectivity index (χ1n) is 8.63. The van der Waals surface area contributed by atoms with Crippen LogP contribution >= 0.6 is 0 Å². The highest BCUT2D eigenvalue weighted by Gasteiger charge is 2.17. The Balaban J connectivity index is 2.22. The third-order valence-corrected chi connectivity index (χ3v) is 3.69. The predicted octanol–water partition coefficient (Wildman–Crippen LogP) is 3.80. The molecule has 0 saturated heterocycles. The number of carbonyl (C=O) groups excluding carboxylic acids is 1. The molecule has 2 aromatic rings. The minimum absolute atomic E-state index is 0.0491. The molecule has 0 aliphatic rings. The molecule has 0 atom stereocenters. The van der Waals surface area contributed by atoms with Crippen molar-refractivity contribution in [2.75, 3.05) is 25.5 Å². The maximum absolute atomic E-state index is 12.8. The molecule has 0 radical (unpaired) electrons. The SMILES string of the molecule is CCCN(CCC)C(=O)c1cc(C)nc(Nc2ccc(OC)cc2)n1. The maximum Gasteiger partial charge on any atom is 0.272 e. The first kappa shape index (κ1) is 18.7. The highest BCUT2D eigenvalue weighted by atomic mass is 16.5. The number of anilines is 2. The molecule has 134 valence electrons. The normalized spacial score (nSPS) is 10.4. The van der Waals surface area contributed by atoms with Gasteiger partial charge in [-0.1, -0.05) is 13.8 Å². The van der Waals surface area contributed by atoms with Crippen molar-refractivity contribution in [3.05, 3.63) is 41.7 Å². The smallest absolute Gasteiger partial charge is 0.272 e. The van der Waals surface area contributed by atoms with E-state index in [1.54, 1.807) is 13.2 Å². The van der Waals surface area contributed by atoms with E-state index in [0.717, 1.165) is 43.1 Å². The topological polar surface area (TPSA) is 67.4 Å². The van der Waals surface area contributed by atoms with E-state index in [9.17, 15) is 4.79 Å². The van der Waals surface area contributed by atoms with Crippen molar-refractivity contribution in [2.24, 2.45) is 0 Å². The average molecular weight is 342 g/mol. The number of methoxy groups -OCH3 is 1. The van der Waals surface area contributed by atoms with Gasteiger partial charge in [-0.05, 0) is 50.1 Å². The molecule has 25 heavy (non-hydrogen) atoms. The summed E-state index contributed by atoms with van der Waals surface area (Å²) < 4.78 is 5.15. The van der Waals surface area contributed by atoms with E-state index in [1.807, 2.05) is 36.1 Å². The molecule has 6 heteroatoms. The lowest BCUT2D eigenvalue weighted by atomic mass is 10.2. The van der Waals surface area contributed by atoms with Crippen molar-refractivity contribution in [2.45, 2.75) is 33.6 Å². The van der Waals surface area contributed by atoms with Gasteiger partial charge in [0.2, 0.25) is 5.95 Å². The molecule has 0 unspecified atom stereocenters. The van der Waals surface area contributed by atoms with Crippen LogP contribution in [0, 0.1) is 6.92 Å². The number of nitrogens with zero attached hydrogens (tertiary/aromatic N) is 3. The van der Waals surface area contributed by atoms with E-state index >= 15 is 0 Å². The molecule has 0 spiro atoms. The summed E-state index contributed by atoms with van der Waals surface area (Å²) in [7, 11) is 1.63. The summed E-state index contributed by atoms with van der Waals surface area (Å²) in [6.07, 6.45) is 1.85. The number of amides is 1. The van der Waals surface area contributed by atoms with Gasteiger partial charge in [-0.3, -0.25) is 4.79 Å². The van der Waals surface area contributed by atoms with Crippen molar-refractivity contribution in [3.63, 3.8) is 0 Å². The number of hydrogen-bond acceptors (Lipinski definition) is 5. The number of nitrogens with one attached hydrogen (secondary N) is 1. The van der Waals surface area contributed by atoms with Crippen molar-refractivity contribution >= 4 is 17.5 Å². The third kappa shape index (κ3) is 5.17. The molecular weight excluding hydrogens is 316 g/mol. The second kappa shape index (κ2) is 9.01. The zero-order chi connectivity index (χ0) is 18.2. The van der Waals surface area contributed by atoms with Gasteiger partial charge in [-0.25, -0.2) is 9.97 Å². The lowest BCUT2D eigenvalue weighted by Crippen LogP contribution is -2.33. The maximum atomic E-state index is 12.8. The Morgan fingerprint density at radius 1 is 1.12 bits per heavy atom. The Morgan fingerprint density at radius 2 is 1.76 bits per heavy atom. The lowest BCUT2D eigenvalue weighted by Gasteiger charge is -2.21. The molecule has 1 amide bonds. The van der Waals surface area contributed by atoms with E-state index in [2.05, 4.69) is 29.1 Å². The number of aryl methyl sites for hydroxylation is 1. The Morgan fingerprint density at radius 3 is 2.32 bits per heavy atom. The minimum atomic E-state index is -0.0491. The molecule has 0 aliphatic carbocycles. The standard InChI is InChI=1S/C19H26N4O2/c1-5-11-23(12-6-2)18(24)17-13-14(3)20-19(22-17)21-15-7-9-16(25-4)10-8-15/h7-10,13H,5-6,11-12H2,1-4H3,(H,20,21,22).